The number of anilines is 1. The molecule has 3 heteroatoms. The molecule has 0 saturated carbocycles. The van der Waals surface area contributed by atoms with Gasteiger partial charge in [0.25, 0.3) is 0 Å². The average Bonchev–Trinajstić information content (AvgIpc) is 2.61. The van der Waals surface area contributed by atoms with Gasteiger partial charge < -0.3 is 11.1 Å². The third kappa shape index (κ3) is 5.08. The van der Waals surface area contributed by atoms with Crippen LogP contribution in [0.5, 0.6) is 0 Å². The van der Waals surface area contributed by atoms with Crippen LogP contribution in [0.3, 0.4) is 0 Å². The first kappa shape index (κ1) is 18.5. The van der Waals surface area contributed by atoms with Crippen molar-refractivity contribution in [2.24, 2.45) is 10.7 Å². The Morgan fingerprint density at radius 1 is 1.12 bits per heavy atom. The second kappa shape index (κ2) is 8.88. The summed E-state index contributed by atoms with van der Waals surface area (Å²) in [4.78, 5) is 4.18. The number of benzene rings is 2. The van der Waals surface area contributed by atoms with Crippen molar-refractivity contribution in [3.05, 3.63) is 89.3 Å². The lowest BCUT2D eigenvalue weighted by molar-refractivity contribution is 0.947. The van der Waals surface area contributed by atoms with Crippen LogP contribution in [0.4, 0.5) is 5.69 Å². The molecule has 0 amide bonds. The predicted molar refractivity (Wildman–Crippen MR) is 109 cm³/mol. The lowest BCUT2D eigenvalue weighted by atomic mass is 9.99. The molecular formula is C22H27N3. The largest absolute Gasteiger partial charge is 0.405 e. The maximum atomic E-state index is 5.45. The lowest BCUT2D eigenvalue weighted by Crippen LogP contribution is -2.09. The van der Waals surface area contributed by atoms with Crippen LogP contribution in [0.15, 0.2) is 72.0 Å². The topological polar surface area (TPSA) is 50.4 Å². The van der Waals surface area contributed by atoms with Gasteiger partial charge in [-0.1, -0.05) is 43.0 Å². The van der Waals surface area contributed by atoms with Crippen molar-refractivity contribution in [2.75, 3.05) is 12.4 Å². The van der Waals surface area contributed by atoms with E-state index in [2.05, 4.69) is 73.2 Å². The molecule has 0 heterocycles. The van der Waals surface area contributed by atoms with Gasteiger partial charge in [-0.15, -0.1) is 0 Å². The fraction of sp³-hybridized carbons (Fsp3) is 0.227. The van der Waals surface area contributed by atoms with Gasteiger partial charge in [0.1, 0.15) is 0 Å². The fourth-order valence-electron chi connectivity index (χ4n) is 2.82. The van der Waals surface area contributed by atoms with Crippen LogP contribution >= 0.6 is 0 Å². The van der Waals surface area contributed by atoms with Crippen LogP contribution in [-0.2, 0) is 12.8 Å². The Balaban J connectivity index is 2.05. The molecule has 0 aromatic heterocycles. The van der Waals surface area contributed by atoms with Crippen LogP contribution in [0, 0.1) is 13.8 Å². The highest BCUT2D eigenvalue weighted by Gasteiger charge is 2.05. The number of allylic oxidation sites excluding steroid dienone is 1. The summed E-state index contributed by atoms with van der Waals surface area (Å²) >= 11 is 0. The Labute approximate surface area is 151 Å². The number of aryl methyl sites for hydroxylation is 4. The van der Waals surface area contributed by atoms with E-state index < -0.39 is 0 Å². The second-order valence-corrected chi connectivity index (χ2v) is 6.15. The Kier molecular flexibility index (Phi) is 6.58. The van der Waals surface area contributed by atoms with Crippen LogP contribution in [0.2, 0.25) is 0 Å². The quantitative estimate of drug-likeness (QED) is 0.730. The minimum absolute atomic E-state index is 0.736. The molecule has 2 aromatic rings. The molecule has 2 rings (SSSR count). The maximum Gasteiger partial charge on any atom is 0.0813 e. The van der Waals surface area contributed by atoms with Gasteiger partial charge in [-0.2, -0.15) is 0 Å². The van der Waals surface area contributed by atoms with E-state index >= 15 is 0 Å². The van der Waals surface area contributed by atoms with Crippen molar-refractivity contribution in [1.29, 1.82) is 0 Å². The third-order valence-corrected chi connectivity index (χ3v) is 4.32. The minimum Gasteiger partial charge on any atom is -0.405 e. The average molecular weight is 333 g/mol. The summed E-state index contributed by atoms with van der Waals surface area (Å²) in [5.41, 5.74) is 13.3. The molecule has 0 aliphatic carbocycles. The number of hydrogen-bond acceptors (Lipinski definition) is 3. The van der Waals surface area contributed by atoms with Crippen molar-refractivity contribution in [3.8, 4) is 0 Å². The Morgan fingerprint density at radius 2 is 1.88 bits per heavy atom. The molecule has 3 N–H and O–H groups in total. The Hall–Kier alpha value is -2.81. The van der Waals surface area contributed by atoms with Crippen molar-refractivity contribution in [2.45, 2.75) is 26.7 Å². The minimum atomic E-state index is 0.736. The molecule has 0 radical (unpaired) electrons. The molecule has 25 heavy (non-hydrogen) atoms. The zero-order valence-corrected chi connectivity index (χ0v) is 15.3. The summed E-state index contributed by atoms with van der Waals surface area (Å²) < 4.78 is 0. The van der Waals surface area contributed by atoms with Gasteiger partial charge in [0, 0.05) is 12.7 Å². The standard InChI is InChI=1S/C22H27N3/c1-16-7-5-6-8-20(16)11-9-19-10-12-21(17(2)15-19)25-18(3)22(24-4)13-14-23/h5-8,10,12-15,25H,3,9,11,23H2,1-2,4H3. The zero-order chi connectivity index (χ0) is 18.2. The molecule has 2 aromatic carbocycles. The Bertz CT molecular complexity index is 801. The van der Waals surface area contributed by atoms with Gasteiger partial charge >= 0.3 is 0 Å². The van der Waals surface area contributed by atoms with E-state index in [9.17, 15) is 0 Å². The first-order chi connectivity index (χ1) is 12.0. The molecule has 0 saturated heterocycles. The molecular weight excluding hydrogens is 306 g/mol. The van der Waals surface area contributed by atoms with Gasteiger partial charge in [0.05, 0.1) is 11.4 Å². The lowest BCUT2D eigenvalue weighted by Gasteiger charge is -2.13. The van der Waals surface area contributed by atoms with Crippen LogP contribution in [0.25, 0.3) is 0 Å². The molecule has 0 aliphatic rings. The van der Waals surface area contributed by atoms with Gasteiger partial charge in [0.2, 0.25) is 0 Å². The van der Waals surface area contributed by atoms with Crippen molar-refractivity contribution < 1.29 is 0 Å². The Morgan fingerprint density at radius 3 is 2.52 bits per heavy atom. The molecule has 0 fully saturated rings. The zero-order valence-electron chi connectivity index (χ0n) is 15.3. The highest BCUT2D eigenvalue weighted by atomic mass is 14.9. The third-order valence-electron chi connectivity index (χ3n) is 4.32. The van der Waals surface area contributed by atoms with Gasteiger partial charge in [0.15, 0.2) is 0 Å². The first-order valence-corrected chi connectivity index (χ1v) is 8.50. The van der Waals surface area contributed by atoms with E-state index in [0.717, 1.165) is 29.9 Å². The number of aliphatic imine (C=N–C) groups is 1. The SMILES string of the molecule is C=C(Nc1ccc(CCc2ccccc2C)cc1C)C(C=CN)=NC. The number of nitrogens with two attached hydrogens (primary N) is 1. The second-order valence-electron chi connectivity index (χ2n) is 6.15. The normalized spacial score (nSPS) is 11.7. The molecule has 0 atom stereocenters. The van der Waals surface area contributed by atoms with Crippen molar-refractivity contribution >= 4 is 11.4 Å². The van der Waals surface area contributed by atoms with Crippen LogP contribution in [-0.4, -0.2) is 12.8 Å². The fourth-order valence-corrected chi connectivity index (χ4v) is 2.82. The number of hydrogen-bond donors (Lipinski definition) is 2. The summed E-state index contributed by atoms with van der Waals surface area (Å²) in [6.45, 7) is 8.31. The highest BCUT2D eigenvalue weighted by molar-refractivity contribution is 6.09. The maximum absolute atomic E-state index is 5.45. The first-order valence-electron chi connectivity index (χ1n) is 8.50. The van der Waals surface area contributed by atoms with E-state index in [4.69, 9.17) is 5.73 Å². The molecule has 0 spiro atoms. The van der Waals surface area contributed by atoms with E-state index in [0.29, 0.717) is 0 Å². The number of nitrogens with one attached hydrogen (secondary N) is 1. The van der Waals surface area contributed by atoms with E-state index in [1.165, 1.54) is 28.5 Å². The monoisotopic (exact) mass is 333 g/mol. The summed E-state index contributed by atoms with van der Waals surface area (Å²) in [5.74, 6) is 0. The molecule has 3 nitrogen and oxygen atoms in total. The molecule has 130 valence electrons. The van der Waals surface area contributed by atoms with Crippen LogP contribution < -0.4 is 11.1 Å². The summed E-state index contributed by atoms with van der Waals surface area (Å²) in [5, 5.41) is 3.32. The number of nitrogens with zero attached hydrogens (tertiary/aromatic N) is 1. The van der Waals surface area contributed by atoms with Gasteiger partial charge in [-0.25, -0.2) is 0 Å². The van der Waals surface area contributed by atoms with Crippen LogP contribution in [0.1, 0.15) is 22.3 Å². The van der Waals surface area contributed by atoms with Gasteiger partial charge in [-0.05, 0) is 67.3 Å². The summed E-state index contributed by atoms with van der Waals surface area (Å²) in [6.07, 6.45) is 5.29. The summed E-state index contributed by atoms with van der Waals surface area (Å²) in [7, 11) is 1.73. The predicted octanol–water partition coefficient (Wildman–Crippen LogP) is 4.56. The summed E-state index contributed by atoms with van der Waals surface area (Å²) in [6, 6.07) is 15.1. The van der Waals surface area contributed by atoms with Gasteiger partial charge in [-0.3, -0.25) is 4.99 Å². The molecule has 0 unspecified atom stereocenters. The smallest absolute Gasteiger partial charge is 0.0813 e. The molecule has 0 bridgehead atoms. The molecule has 0 aliphatic heterocycles. The van der Waals surface area contributed by atoms with Crippen molar-refractivity contribution in [1.82, 2.24) is 0 Å². The number of rotatable bonds is 7. The van der Waals surface area contributed by atoms with E-state index in [-0.39, 0.29) is 0 Å². The van der Waals surface area contributed by atoms with Crippen molar-refractivity contribution in [3.63, 3.8) is 0 Å². The van der Waals surface area contributed by atoms with E-state index in [1.54, 1.807) is 13.1 Å². The van der Waals surface area contributed by atoms with E-state index in [1.807, 2.05) is 0 Å². The highest BCUT2D eigenvalue weighted by Crippen LogP contribution is 2.20.